The van der Waals surface area contributed by atoms with Gasteiger partial charge < -0.3 is 10.6 Å². The molecule has 2 aromatic rings. The molecule has 2 aromatic carbocycles. The van der Waals surface area contributed by atoms with E-state index in [4.69, 9.17) is 5.73 Å². The van der Waals surface area contributed by atoms with Crippen LogP contribution in [-0.2, 0) is 16.6 Å². The van der Waals surface area contributed by atoms with Gasteiger partial charge in [-0.3, -0.25) is 9.52 Å². The highest BCUT2D eigenvalue weighted by Gasteiger charge is 2.16. The lowest BCUT2D eigenvalue weighted by Crippen LogP contribution is -2.32. The molecular formula is C20H28ClN3O3S. The van der Waals surface area contributed by atoms with E-state index >= 15 is 0 Å². The highest BCUT2D eigenvalue weighted by atomic mass is 35.5. The van der Waals surface area contributed by atoms with Gasteiger partial charge in [0.05, 0.1) is 5.75 Å². The van der Waals surface area contributed by atoms with Gasteiger partial charge >= 0.3 is 0 Å². The Morgan fingerprint density at radius 1 is 1.07 bits per heavy atom. The Labute approximate surface area is 173 Å². The monoisotopic (exact) mass is 425 g/mol. The third kappa shape index (κ3) is 7.50. The number of anilines is 1. The molecule has 1 amide bonds. The molecule has 6 nitrogen and oxygen atoms in total. The number of amides is 1. The zero-order valence-electron chi connectivity index (χ0n) is 16.0. The topological polar surface area (TPSA) is 92.5 Å². The quantitative estimate of drug-likeness (QED) is 0.611. The number of halogens is 1. The molecular weight excluding hydrogens is 398 g/mol. The van der Waals surface area contributed by atoms with Crippen LogP contribution in [0.4, 0.5) is 5.69 Å². The highest BCUT2D eigenvalue weighted by molar-refractivity contribution is 7.92. The van der Waals surface area contributed by atoms with Crippen LogP contribution >= 0.6 is 12.4 Å². The molecule has 0 radical (unpaired) electrons. The van der Waals surface area contributed by atoms with Crippen molar-refractivity contribution < 1.29 is 13.2 Å². The van der Waals surface area contributed by atoms with Gasteiger partial charge in [-0.05, 0) is 49.2 Å². The van der Waals surface area contributed by atoms with Gasteiger partial charge in [-0.1, -0.05) is 37.3 Å². The molecule has 0 atom stereocenters. The van der Waals surface area contributed by atoms with Crippen LogP contribution < -0.4 is 10.5 Å². The van der Waals surface area contributed by atoms with Crippen LogP contribution in [0.25, 0.3) is 0 Å². The minimum absolute atomic E-state index is 0. The van der Waals surface area contributed by atoms with E-state index in [9.17, 15) is 13.2 Å². The van der Waals surface area contributed by atoms with Gasteiger partial charge in [-0.15, -0.1) is 12.4 Å². The van der Waals surface area contributed by atoms with Crippen molar-refractivity contribution in [2.75, 3.05) is 23.6 Å². The van der Waals surface area contributed by atoms with Crippen LogP contribution in [0.5, 0.6) is 0 Å². The summed E-state index contributed by atoms with van der Waals surface area (Å²) in [6.45, 7) is 3.39. The lowest BCUT2D eigenvalue weighted by atomic mass is 10.1. The summed E-state index contributed by atoms with van der Waals surface area (Å²) in [7, 11) is -3.35. The second kappa shape index (κ2) is 11.7. The van der Waals surface area contributed by atoms with E-state index in [1.165, 1.54) is 0 Å². The van der Waals surface area contributed by atoms with Crippen LogP contribution in [0.2, 0.25) is 0 Å². The number of hydrogen-bond donors (Lipinski definition) is 2. The molecule has 0 aliphatic heterocycles. The van der Waals surface area contributed by atoms with Crippen molar-refractivity contribution in [1.82, 2.24) is 4.90 Å². The third-order valence-electron chi connectivity index (χ3n) is 4.01. The fourth-order valence-electron chi connectivity index (χ4n) is 2.70. The fraction of sp³-hybridized carbons (Fsp3) is 0.350. The normalized spacial score (nSPS) is 10.8. The Balaban J connectivity index is 0.00000392. The van der Waals surface area contributed by atoms with Crippen molar-refractivity contribution in [2.45, 2.75) is 26.3 Å². The second-order valence-corrected chi connectivity index (χ2v) is 8.19. The Bertz CT molecular complexity index is 828. The zero-order chi connectivity index (χ0) is 19.7. The summed E-state index contributed by atoms with van der Waals surface area (Å²) in [6, 6.07) is 16.3. The zero-order valence-corrected chi connectivity index (χ0v) is 17.6. The number of nitrogens with one attached hydrogen (secondary N) is 1. The van der Waals surface area contributed by atoms with E-state index in [-0.39, 0.29) is 24.1 Å². The molecule has 3 N–H and O–H groups in total. The predicted octanol–water partition coefficient (Wildman–Crippen LogP) is 3.25. The van der Waals surface area contributed by atoms with Crippen molar-refractivity contribution in [1.29, 1.82) is 0 Å². The maximum absolute atomic E-state index is 12.9. The summed E-state index contributed by atoms with van der Waals surface area (Å²) in [5.41, 5.74) is 7.63. The van der Waals surface area contributed by atoms with E-state index in [0.717, 1.165) is 5.56 Å². The molecule has 0 aromatic heterocycles. The molecule has 154 valence electrons. The number of sulfonamides is 1. The Hall–Kier alpha value is -2.09. The molecule has 8 heteroatoms. The number of carbonyl (C=O) groups excluding carboxylic acids is 1. The van der Waals surface area contributed by atoms with Gasteiger partial charge in [0.15, 0.2) is 0 Å². The largest absolute Gasteiger partial charge is 0.334 e. The van der Waals surface area contributed by atoms with Gasteiger partial charge in [0.25, 0.3) is 5.91 Å². The molecule has 2 rings (SSSR count). The van der Waals surface area contributed by atoms with Crippen LogP contribution in [-0.4, -0.2) is 38.1 Å². The molecule has 0 bridgehead atoms. The molecule has 0 unspecified atom stereocenters. The van der Waals surface area contributed by atoms with E-state index in [0.29, 0.717) is 43.7 Å². The molecule has 0 spiro atoms. The molecule has 0 saturated carbocycles. The number of benzene rings is 2. The lowest BCUT2D eigenvalue weighted by molar-refractivity contribution is 0.0742. The summed E-state index contributed by atoms with van der Waals surface area (Å²) in [6.07, 6.45) is 1.26. The maximum atomic E-state index is 12.9. The number of nitrogens with two attached hydrogens (primary N) is 1. The number of nitrogens with zero attached hydrogens (tertiary/aromatic N) is 1. The molecule has 0 fully saturated rings. The summed E-state index contributed by atoms with van der Waals surface area (Å²) in [5, 5.41) is 0. The second-order valence-electron chi connectivity index (χ2n) is 6.35. The van der Waals surface area contributed by atoms with Crippen molar-refractivity contribution >= 4 is 34.0 Å². The van der Waals surface area contributed by atoms with Crippen LogP contribution in [0, 0.1) is 0 Å². The molecule has 0 heterocycles. The SMILES string of the molecule is CCCS(=O)(=O)Nc1ccc(C(=O)N(CCCN)Cc2ccccc2)cc1.Cl. The predicted molar refractivity (Wildman–Crippen MR) is 116 cm³/mol. The standard InChI is InChI=1S/C20H27N3O3S.ClH/c1-2-15-27(25,26)22-19-11-9-18(10-12-19)20(24)23(14-6-13-21)16-17-7-4-3-5-8-17;/h3-5,7-12,22H,2,6,13-16,21H2,1H3;1H. The molecule has 28 heavy (non-hydrogen) atoms. The summed E-state index contributed by atoms with van der Waals surface area (Å²) in [4.78, 5) is 14.7. The summed E-state index contributed by atoms with van der Waals surface area (Å²) in [5.74, 6) is -0.0345. The first kappa shape index (κ1) is 23.9. The third-order valence-corrected chi connectivity index (χ3v) is 5.51. The Kier molecular flexibility index (Phi) is 9.99. The van der Waals surface area contributed by atoms with Crippen LogP contribution in [0.1, 0.15) is 35.7 Å². The van der Waals surface area contributed by atoms with Gasteiger partial charge in [-0.25, -0.2) is 8.42 Å². The van der Waals surface area contributed by atoms with Crippen molar-refractivity contribution in [3.63, 3.8) is 0 Å². The van der Waals surface area contributed by atoms with Gasteiger partial charge in [-0.2, -0.15) is 0 Å². The summed E-state index contributed by atoms with van der Waals surface area (Å²) < 4.78 is 26.2. The number of rotatable bonds is 10. The lowest BCUT2D eigenvalue weighted by Gasteiger charge is -2.23. The minimum atomic E-state index is -3.35. The van der Waals surface area contributed by atoms with Gasteiger partial charge in [0, 0.05) is 24.3 Å². The first-order valence-corrected chi connectivity index (χ1v) is 10.7. The van der Waals surface area contributed by atoms with Crippen LogP contribution in [0.3, 0.4) is 0 Å². The van der Waals surface area contributed by atoms with E-state index < -0.39 is 10.0 Å². The van der Waals surface area contributed by atoms with Crippen molar-refractivity contribution in [2.24, 2.45) is 5.73 Å². The molecule has 0 saturated heterocycles. The molecule has 0 aliphatic rings. The maximum Gasteiger partial charge on any atom is 0.254 e. The smallest absolute Gasteiger partial charge is 0.254 e. The average Bonchev–Trinajstić information content (AvgIpc) is 2.65. The van der Waals surface area contributed by atoms with Gasteiger partial charge in [0.2, 0.25) is 10.0 Å². The highest BCUT2D eigenvalue weighted by Crippen LogP contribution is 2.15. The molecule has 0 aliphatic carbocycles. The Morgan fingerprint density at radius 3 is 2.29 bits per heavy atom. The van der Waals surface area contributed by atoms with E-state index in [1.807, 2.05) is 37.3 Å². The minimum Gasteiger partial charge on any atom is -0.334 e. The van der Waals surface area contributed by atoms with Crippen molar-refractivity contribution in [3.05, 3.63) is 65.7 Å². The number of hydrogen-bond acceptors (Lipinski definition) is 4. The first-order chi connectivity index (χ1) is 12.9. The summed E-state index contributed by atoms with van der Waals surface area (Å²) >= 11 is 0. The average molecular weight is 426 g/mol. The van der Waals surface area contributed by atoms with Gasteiger partial charge in [0.1, 0.15) is 0 Å². The Morgan fingerprint density at radius 2 is 1.71 bits per heavy atom. The number of carbonyl (C=O) groups is 1. The van der Waals surface area contributed by atoms with Crippen molar-refractivity contribution in [3.8, 4) is 0 Å². The fourth-order valence-corrected chi connectivity index (χ4v) is 3.84. The van der Waals surface area contributed by atoms with E-state index in [2.05, 4.69) is 4.72 Å². The first-order valence-electron chi connectivity index (χ1n) is 9.09. The van der Waals surface area contributed by atoms with Crippen LogP contribution in [0.15, 0.2) is 54.6 Å². The van der Waals surface area contributed by atoms with E-state index in [1.54, 1.807) is 29.2 Å².